The molecule has 0 aliphatic carbocycles. The molecule has 0 spiro atoms. The maximum absolute atomic E-state index is 2.38. The predicted molar refractivity (Wildman–Crippen MR) is 37.8 cm³/mol. The average Bonchev–Trinajstić information content (AvgIpc) is 1.83. The van der Waals surface area contributed by atoms with Crippen molar-refractivity contribution >= 4 is 0 Å². The molecule has 8 heavy (non-hydrogen) atoms. The van der Waals surface area contributed by atoms with Crippen molar-refractivity contribution in [3.63, 3.8) is 0 Å². The zero-order valence-corrected chi connectivity index (χ0v) is 6.15. The minimum Gasteiger partial charge on any atom is -0.304 e. The Morgan fingerprint density at radius 3 is 1.88 bits per heavy atom. The highest BCUT2D eigenvalue weighted by Crippen LogP contribution is 1.86. The number of nitrogens with zero attached hydrogens (tertiary/aromatic N) is 1. The van der Waals surface area contributed by atoms with Crippen molar-refractivity contribution < 1.29 is 0 Å². The summed E-state index contributed by atoms with van der Waals surface area (Å²) >= 11 is 0. The molecule has 0 aromatic rings. The molecule has 0 amide bonds. The Bertz CT molecular complexity index is 39.7. The van der Waals surface area contributed by atoms with E-state index in [0.717, 1.165) is 6.54 Å². The van der Waals surface area contributed by atoms with Gasteiger partial charge in [0, 0.05) is 6.54 Å². The van der Waals surface area contributed by atoms with Crippen LogP contribution >= 0.6 is 0 Å². The van der Waals surface area contributed by atoms with E-state index in [4.69, 9.17) is 0 Å². The largest absolute Gasteiger partial charge is 0.304 e. The van der Waals surface area contributed by atoms with Gasteiger partial charge < -0.3 is 4.90 Å². The van der Waals surface area contributed by atoms with Crippen LogP contribution in [0.3, 0.4) is 0 Å². The van der Waals surface area contributed by atoms with Crippen LogP contribution in [0.4, 0.5) is 0 Å². The highest BCUT2D eigenvalue weighted by molar-refractivity contribution is 4.62. The van der Waals surface area contributed by atoms with E-state index >= 15 is 0 Å². The normalized spacial score (nSPS) is 10.5. The van der Waals surface area contributed by atoms with Crippen LogP contribution in [0, 0.1) is 6.42 Å². The minimum absolute atomic E-state index is 1.13. The first-order chi connectivity index (χ1) is 3.85. The van der Waals surface area contributed by atoms with Crippen LogP contribution in [0.1, 0.15) is 20.8 Å². The third kappa shape index (κ3) is 3.03. The van der Waals surface area contributed by atoms with Gasteiger partial charge in [-0.2, -0.15) is 0 Å². The molecule has 0 aliphatic heterocycles. The third-order valence-electron chi connectivity index (χ3n) is 1.34. The summed E-state index contributed by atoms with van der Waals surface area (Å²) in [6.07, 6.45) is 2.19. The lowest BCUT2D eigenvalue weighted by Gasteiger charge is -2.15. The first-order valence-corrected chi connectivity index (χ1v) is 3.35. The zero-order chi connectivity index (χ0) is 6.41. The van der Waals surface area contributed by atoms with Crippen molar-refractivity contribution in [2.45, 2.75) is 20.8 Å². The van der Waals surface area contributed by atoms with Gasteiger partial charge in [0.2, 0.25) is 0 Å². The SMILES string of the molecule is C[CH]CN(CC)CC. The second-order valence-corrected chi connectivity index (χ2v) is 1.89. The maximum atomic E-state index is 2.38. The Morgan fingerprint density at radius 2 is 1.75 bits per heavy atom. The second-order valence-electron chi connectivity index (χ2n) is 1.89. The third-order valence-corrected chi connectivity index (χ3v) is 1.34. The maximum Gasteiger partial charge on any atom is 0.000981 e. The molecule has 0 saturated carbocycles. The minimum atomic E-state index is 1.13. The first kappa shape index (κ1) is 7.96. The molecule has 0 unspecified atom stereocenters. The number of hydrogen-bond donors (Lipinski definition) is 0. The molecule has 0 bridgehead atoms. The Labute approximate surface area is 52.7 Å². The van der Waals surface area contributed by atoms with Crippen LogP contribution in [-0.4, -0.2) is 24.5 Å². The average molecular weight is 114 g/mol. The molecule has 1 radical (unpaired) electrons. The smallest absolute Gasteiger partial charge is 0.000981 e. The van der Waals surface area contributed by atoms with Crippen LogP contribution in [-0.2, 0) is 0 Å². The Morgan fingerprint density at radius 1 is 1.25 bits per heavy atom. The van der Waals surface area contributed by atoms with Gasteiger partial charge in [-0.05, 0) is 19.5 Å². The molecule has 0 heterocycles. The number of hydrogen-bond acceptors (Lipinski definition) is 1. The summed E-state index contributed by atoms with van der Waals surface area (Å²) in [5, 5.41) is 0. The van der Waals surface area contributed by atoms with Gasteiger partial charge >= 0.3 is 0 Å². The fourth-order valence-electron chi connectivity index (χ4n) is 0.740. The lowest BCUT2D eigenvalue weighted by Crippen LogP contribution is -2.23. The van der Waals surface area contributed by atoms with Gasteiger partial charge in [-0.3, -0.25) is 0 Å². The van der Waals surface area contributed by atoms with Crippen LogP contribution < -0.4 is 0 Å². The van der Waals surface area contributed by atoms with Crippen molar-refractivity contribution in [3.8, 4) is 0 Å². The number of rotatable bonds is 4. The summed E-state index contributed by atoms with van der Waals surface area (Å²) in [5.41, 5.74) is 0. The van der Waals surface area contributed by atoms with Crippen molar-refractivity contribution in [2.24, 2.45) is 0 Å². The molecule has 0 N–H and O–H groups in total. The van der Waals surface area contributed by atoms with Crippen molar-refractivity contribution in [1.82, 2.24) is 4.90 Å². The molecule has 0 atom stereocenters. The van der Waals surface area contributed by atoms with Gasteiger partial charge in [0.1, 0.15) is 0 Å². The van der Waals surface area contributed by atoms with Gasteiger partial charge in [-0.1, -0.05) is 20.8 Å². The van der Waals surface area contributed by atoms with Crippen LogP contribution in [0.2, 0.25) is 0 Å². The topological polar surface area (TPSA) is 3.24 Å². The van der Waals surface area contributed by atoms with Gasteiger partial charge in [-0.15, -0.1) is 0 Å². The van der Waals surface area contributed by atoms with Crippen molar-refractivity contribution in [3.05, 3.63) is 6.42 Å². The summed E-state index contributed by atoms with van der Waals surface area (Å²) in [6.45, 7) is 9.94. The zero-order valence-electron chi connectivity index (χ0n) is 6.15. The quantitative estimate of drug-likeness (QED) is 0.536. The standard InChI is InChI=1S/C7H16N/c1-4-7-8(5-2)6-3/h4H,5-7H2,1-3H3. The molecule has 1 heteroatoms. The Balaban J connectivity index is 3.07. The van der Waals surface area contributed by atoms with E-state index in [-0.39, 0.29) is 0 Å². The van der Waals surface area contributed by atoms with Crippen LogP contribution in [0.25, 0.3) is 0 Å². The van der Waals surface area contributed by atoms with Gasteiger partial charge in [0.25, 0.3) is 0 Å². The fourth-order valence-corrected chi connectivity index (χ4v) is 0.740. The van der Waals surface area contributed by atoms with E-state index in [1.807, 2.05) is 0 Å². The monoisotopic (exact) mass is 114 g/mol. The molecule has 0 aliphatic rings. The summed E-state index contributed by atoms with van der Waals surface area (Å²) in [6, 6.07) is 0. The molecule has 49 valence electrons. The Hall–Kier alpha value is -0.0400. The van der Waals surface area contributed by atoms with Gasteiger partial charge in [-0.25, -0.2) is 0 Å². The molecular formula is C7H16N. The lowest BCUT2D eigenvalue weighted by atomic mass is 10.4. The summed E-state index contributed by atoms with van der Waals surface area (Å²) in [5.74, 6) is 0. The van der Waals surface area contributed by atoms with Crippen molar-refractivity contribution in [2.75, 3.05) is 19.6 Å². The van der Waals surface area contributed by atoms with E-state index in [9.17, 15) is 0 Å². The van der Waals surface area contributed by atoms with E-state index in [1.54, 1.807) is 0 Å². The summed E-state index contributed by atoms with van der Waals surface area (Å²) in [4.78, 5) is 2.38. The van der Waals surface area contributed by atoms with Crippen molar-refractivity contribution in [1.29, 1.82) is 0 Å². The molecule has 1 nitrogen and oxygen atoms in total. The molecule has 0 fully saturated rings. The molecule has 0 rings (SSSR count). The molecular weight excluding hydrogens is 98.1 g/mol. The Kier molecular flexibility index (Phi) is 5.08. The lowest BCUT2D eigenvalue weighted by molar-refractivity contribution is 0.328. The highest BCUT2D eigenvalue weighted by Gasteiger charge is 1.92. The van der Waals surface area contributed by atoms with E-state index in [0.29, 0.717) is 0 Å². The molecule has 0 saturated heterocycles. The van der Waals surface area contributed by atoms with Gasteiger partial charge in [0.15, 0.2) is 0 Å². The molecule has 0 aromatic carbocycles. The van der Waals surface area contributed by atoms with Crippen LogP contribution in [0.15, 0.2) is 0 Å². The highest BCUT2D eigenvalue weighted by atomic mass is 15.1. The fraction of sp³-hybridized carbons (Fsp3) is 0.857. The first-order valence-electron chi connectivity index (χ1n) is 3.35. The van der Waals surface area contributed by atoms with E-state index < -0.39 is 0 Å². The summed E-state index contributed by atoms with van der Waals surface area (Å²) < 4.78 is 0. The predicted octanol–water partition coefficient (Wildman–Crippen LogP) is 1.55. The van der Waals surface area contributed by atoms with Crippen LogP contribution in [0.5, 0.6) is 0 Å². The van der Waals surface area contributed by atoms with E-state index in [2.05, 4.69) is 32.1 Å². The summed E-state index contributed by atoms with van der Waals surface area (Å²) in [7, 11) is 0. The second kappa shape index (κ2) is 5.10. The van der Waals surface area contributed by atoms with E-state index in [1.165, 1.54) is 13.1 Å². The molecule has 0 aromatic heterocycles. The van der Waals surface area contributed by atoms with Gasteiger partial charge in [0.05, 0.1) is 0 Å².